The molecule has 0 saturated heterocycles. The average Bonchev–Trinajstić information content (AvgIpc) is 2.74. The molecule has 80 valence electrons. The van der Waals surface area contributed by atoms with Crippen molar-refractivity contribution in [2.45, 2.75) is 20.0 Å². The summed E-state index contributed by atoms with van der Waals surface area (Å²) in [6, 6.07) is 0. The molecule has 2 aromatic rings. The topological polar surface area (TPSA) is 17.6 Å². The van der Waals surface area contributed by atoms with E-state index in [4.69, 9.17) is 0 Å². The van der Waals surface area contributed by atoms with Crippen LogP contribution >= 0.6 is 0 Å². The lowest BCUT2D eigenvalue weighted by molar-refractivity contribution is -0.677. The summed E-state index contributed by atoms with van der Waals surface area (Å²) in [5.74, 6) is 1.28. The quantitative estimate of drug-likeness (QED) is 0.627. The summed E-state index contributed by atoms with van der Waals surface area (Å²) in [6.45, 7) is 4.16. The minimum absolute atomic E-state index is 1.01. The number of hydrogen-bond acceptors (Lipinski definition) is 0. The van der Waals surface area contributed by atoms with Gasteiger partial charge in [-0.15, -0.1) is 0 Å². The van der Waals surface area contributed by atoms with Crippen LogP contribution < -0.4 is 9.13 Å². The SMILES string of the molecule is Cc1n(CCn2cc[n+](C)c2)cc[n+]1C. The molecule has 0 aliphatic heterocycles. The molecule has 0 radical (unpaired) electrons. The number of aromatic nitrogens is 4. The maximum atomic E-state index is 2.26. The minimum Gasteiger partial charge on any atom is -0.240 e. The van der Waals surface area contributed by atoms with Crippen molar-refractivity contribution in [2.24, 2.45) is 14.1 Å². The molecule has 0 saturated carbocycles. The van der Waals surface area contributed by atoms with Crippen LogP contribution in [0.25, 0.3) is 0 Å². The lowest BCUT2D eigenvalue weighted by atomic mass is 10.5. The van der Waals surface area contributed by atoms with Crippen molar-refractivity contribution < 1.29 is 9.13 Å². The molecule has 0 aliphatic carbocycles. The molecule has 0 aromatic carbocycles. The van der Waals surface area contributed by atoms with Crippen LogP contribution in [0.15, 0.2) is 31.1 Å². The van der Waals surface area contributed by atoms with Crippen molar-refractivity contribution in [3.63, 3.8) is 0 Å². The molecule has 0 amide bonds. The van der Waals surface area contributed by atoms with Crippen LogP contribution in [0.1, 0.15) is 5.82 Å². The molecule has 2 heterocycles. The van der Waals surface area contributed by atoms with E-state index in [0.29, 0.717) is 0 Å². The van der Waals surface area contributed by atoms with Crippen LogP contribution in [0.3, 0.4) is 0 Å². The molecule has 0 atom stereocenters. The molecule has 0 aliphatic rings. The first-order valence-corrected chi connectivity index (χ1v) is 5.19. The van der Waals surface area contributed by atoms with Gasteiger partial charge in [-0.3, -0.25) is 0 Å². The van der Waals surface area contributed by atoms with Gasteiger partial charge in [0, 0.05) is 6.92 Å². The van der Waals surface area contributed by atoms with Crippen LogP contribution in [-0.2, 0) is 27.2 Å². The Hall–Kier alpha value is -1.58. The molecule has 0 spiro atoms. The van der Waals surface area contributed by atoms with Gasteiger partial charge in [0.2, 0.25) is 6.33 Å². The Morgan fingerprint density at radius 2 is 1.93 bits per heavy atom. The Kier molecular flexibility index (Phi) is 2.58. The molecular weight excluding hydrogens is 188 g/mol. The second kappa shape index (κ2) is 3.88. The maximum Gasteiger partial charge on any atom is 0.253 e. The zero-order valence-electron chi connectivity index (χ0n) is 9.59. The Morgan fingerprint density at radius 3 is 2.47 bits per heavy atom. The highest BCUT2D eigenvalue weighted by Gasteiger charge is 2.09. The predicted molar refractivity (Wildman–Crippen MR) is 56.0 cm³/mol. The van der Waals surface area contributed by atoms with E-state index in [1.54, 1.807) is 0 Å². The Morgan fingerprint density at radius 1 is 1.13 bits per heavy atom. The van der Waals surface area contributed by atoms with Crippen molar-refractivity contribution in [1.82, 2.24) is 9.13 Å². The van der Waals surface area contributed by atoms with Crippen molar-refractivity contribution in [3.8, 4) is 0 Å². The summed E-state index contributed by atoms with van der Waals surface area (Å²) in [6.07, 6.45) is 10.5. The fourth-order valence-corrected chi connectivity index (χ4v) is 1.69. The fourth-order valence-electron chi connectivity index (χ4n) is 1.69. The van der Waals surface area contributed by atoms with Gasteiger partial charge in [-0.2, -0.15) is 0 Å². The van der Waals surface area contributed by atoms with Crippen LogP contribution in [-0.4, -0.2) is 9.13 Å². The summed E-state index contributed by atoms with van der Waals surface area (Å²) in [5, 5.41) is 0. The van der Waals surface area contributed by atoms with Crippen LogP contribution in [0.4, 0.5) is 0 Å². The number of aryl methyl sites for hydroxylation is 4. The van der Waals surface area contributed by atoms with E-state index in [9.17, 15) is 0 Å². The van der Waals surface area contributed by atoms with E-state index in [1.165, 1.54) is 5.82 Å². The first kappa shape index (κ1) is 9.96. The van der Waals surface area contributed by atoms with Gasteiger partial charge in [0.1, 0.15) is 37.9 Å². The van der Waals surface area contributed by atoms with E-state index in [-0.39, 0.29) is 0 Å². The van der Waals surface area contributed by atoms with Gasteiger partial charge in [-0.25, -0.2) is 18.3 Å². The lowest BCUT2D eigenvalue weighted by Gasteiger charge is -1.96. The van der Waals surface area contributed by atoms with E-state index in [1.807, 2.05) is 7.05 Å². The Bertz CT molecular complexity index is 453. The summed E-state index contributed by atoms with van der Waals surface area (Å²) in [4.78, 5) is 0. The zero-order valence-corrected chi connectivity index (χ0v) is 9.59. The highest BCUT2D eigenvalue weighted by atomic mass is 15.2. The fraction of sp³-hybridized carbons (Fsp3) is 0.455. The van der Waals surface area contributed by atoms with E-state index < -0.39 is 0 Å². The number of imidazole rings is 2. The van der Waals surface area contributed by atoms with Gasteiger partial charge in [0.25, 0.3) is 5.82 Å². The maximum absolute atomic E-state index is 2.26. The van der Waals surface area contributed by atoms with Gasteiger partial charge in [-0.05, 0) is 0 Å². The van der Waals surface area contributed by atoms with Crippen molar-refractivity contribution in [1.29, 1.82) is 0 Å². The third-order valence-electron chi connectivity index (χ3n) is 2.82. The lowest BCUT2D eigenvalue weighted by Crippen LogP contribution is -2.30. The normalized spacial score (nSPS) is 10.9. The van der Waals surface area contributed by atoms with E-state index >= 15 is 0 Å². The number of hydrogen-bond donors (Lipinski definition) is 0. The molecule has 0 fully saturated rings. The van der Waals surface area contributed by atoms with Crippen LogP contribution in [0.5, 0.6) is 0 Å². The number of nitrogens with zero attached hydrogens (tertiary/aromatic N) is 4. The van der Waals surface area contributed by atoms with Gasteiger partial charge in [-0.1, -0.05) is 0 Å². The third-order valence-corrected chi connectivity index (χ3v) is 2.82. The van der Waals surface area contributed by atoms with Gasteiger partial charge < -0.3 is 0 Å². The van der Waals surface area contributed by atoms with Crippen molar-refractivity contribution >= 4 is 0 Å². The molecule has 15 heavy (non-hydrogen) atoms. The van der Waals surface area contributed by atoms with Gasteiger partial charge in [0.05, 0.1) is 14.1 Å². The molecule has 0 N–H and O–H groups in total. The Balaban J connectivity index is 2.02. The highest BCUT2D eigenvalue weighted by Crippen LogP contribution is 1.94. The monoisotopic (exact) mass is 206 g/mol. The molecule has 4 nitrogen and oxygen atoms in total. The minimum atomic E-state index is 1.01. The predicted octanol–water partition coefficient (Wildman–Crippen LogP) is -0.0528. The zero-order chi connectivity index (χ0) is 10.8. The summed E-state index contributed by atoms with van der Waals surface area (Å²) >= 11 is 0. The molecule has 4 heteroatoms. The molecule has 0 bridgehead atoms. The van der Waals surface area contributed by atoms with Gasteiger partial charge >= 0.3 is 0 Å². The summed E-state index contributed by atoms with van der Waals surface area (Å²) in [7, 11) is 4.11. The van der Waals surface area contributed by atoms with Crippen LogP contribution in [0.2, 0.25) is 0 Å². The van der Waals surface area contributed by atoms with E-state index in [0.717, 1.165) is 13.1 Å². The van der Waals surface area contributed by atoms with Crippen molar-refractivity contribution in [3.05, 3.63) is 36.9 Å². The first-order chi connectivity index (χ1) is 7.16. The standard InChI is InChI=1S/C11H18N4/c1-11-13(3)5-8-15(11)9-7-14-6-4-12(2)10-14/h4-6,8,10H,7,9H2,1-3H3/q+2. The van der Waals surface area contributed by atoms with Crippen molar-refractivity contribution in [2.75, 3.05) is 0 Å². The van der Waals surface area contributed by atoms with Gasteiger partial charge in [0.15, 0.2) is 0 Å². The smallest absolute Gasteiger partial charge is 0.240 e. The third kappa shape index (κ3) is 2.09. The Labute approximate surface area is 90.0 Å². The second-order valence-electron chi connectivity index (χ2n) is 3.97. The highest BCUT2D eigenvalue weighted by molar-refractivity contribution is 4.79. The molecule has 2 aromatic heterocycles. The second-order valence-corrected chi connectivity index (χ2v) is 3.97. The van der Waals surface area contributed by atoms with E-state index in [2.05, 4.69) is 63.4 Å². The molecule has 0 unspecified atom stereocenters. The van der Waals surface area contributed by atoms with Crippen LogP contribution in [0, 0.1) is 6.92 Å². The largest absolute Gasteiger partial charge is 0.253 e. The molecule has 2 rings (SSSR count). The molecular formula is C11H18N4+2. The number of rotatable bonds is 3. The first-order valence-electron chi connectivity index (χ1n) is 5.19. The summed E-state index contributed by atoms with van der Waals surface area (Å²) in [5.41, 5.74) is 0. The summed E-state index contributed by atoms with van der Waals surface area (Å²) < 4.78 is 8.65. The average molecular weight is 206 g/mol.